The molecule has 0 aromatic rings. The number of rotatable bonds is 3. The van der Waals surface area contributed by atoms with Crippen LogP contribution in [-0.4, -0.2) is 48.5 Å². The van der Waals surface area contributed by atoms with Crippen LogP contribution in [0.15, 0.2) is 0 Å². The van der Waals surface area contributed by atoms with E-state index in [9.17, 15) is 4.79 Å². The van der Waals surface area contributed by atoms with Gasteiger partial charge in [0, 0.05) is 18.8 Å². The number of thioether (sulfide) groups is 1. The van der Waals surface area contributed by atoms with Gasteiger partial charge in [0.1, 0.15) is 0 Å². The minimum Gasteiger partial charge on any atom is -0.341 e. The van der Waals surface area contributed by atoms with Gasteiger partial charge in [0.15, 0.2) is 0 Å². The second-order valence-corrected chi connectivity index (χ2v) is 4.38. The molecule has 1 rings (SSSR count). The molecule has 1 aliphatic rings. The highest BCUT2D eigenvalue weighted by Gasteiger charge is 2.14. The molecule has 0 spiro atoms. The Morgan fingerprint density at radius 2 is 2.36 bits per heavy atom. The molecule has 0 saturated carbocycles. The van der Waals surface area contributed by atoms with Gasteiger partial charge in [0.05, 0.1) is 13.1 Å². The first-order valence-electron chi connectivity index (χ1n) is 4.84. The van der Waals surface area contributed by atoms with E-state index in [0.717, 1.165) is 25.3 Å². The average Bonchev–Trinajstić information content (AvgIpc) is 2.46. The molecule has 78 valence electrons. The Labute approximate surface area is 89.6 Å². The normalized spacial score (nSPS) is 17.2. The zero-order valence-electron chi connectivity index (χ0n) is 8.29. The first-order chi connectivity index (χ1) is 6.84. The molecular weight excluding hydrogens is 196 g/mol. The van der Waals surface area contributed by atoms with Crippen molar-refractivity contribution in [1.29, 1.82) is 0 Å². The second kappa shape index (κ2) is 6.74. The van der Waals surface area contributed by atoms with Gasteiger partial charge in [-0.15, -0.1) is 6.42 Å². The Kier molecular flexibility index (Phi) is 5.50. The third kappa shape index (κ3) is 4.03. The summed E-state index contributed by atoms with van der Waals surface area (Å²) in [7, 11) is 0. The monoisotopic (exact) mass is 212 g/mol. The highest BCUT2D eigenvalue weighted by Crippen LogP contribution is 2.09. The van der Waals surface area contributed by atoms with Crippen LogP contribution < -0.4 is 5.32 Å². The number of nitrogens with one attached hydrogen (secondary N) is 1. The predicted molar refractivity (Wildman–Crippen MR) is 60.2 cm³/mol. The number of carbonyl (C=O) groups excluding carboxylic acids is 1. The van der Waals surface area contributed by atoms with Crippen molar-refractivity contribution in [2.75, 3.05) is 37.7 Å². The van der Waals surface area contributed by atoms with Crippen molar-refractivity contribution >= 4 is 17.7 Å². The van der Waals surface area contributed by atoms with E-state index in [4.69, 9.17) is 6.42 Å². The molecular formula is C10H16N2OS. The summed E-state index contributed by atoms with van der Waals surface area (Å²) >= 11 is 1.92. The van der Waals surface area contributed by atoms with Crippen molar-refractivity contribution in [1.82, 2.24) is 10.2 Å². The molecule has 4 heteroatoms. The van der Waals surface area contributed by atoms with Crippen molar-refractivity contribution in [2.24, 2.45) is 0 Å². The molecule has 1 amide bonds. The van der Waals surface area contributed by atoms with E-state index in [-0.39, 0.29) is 5.91 Å². The number of nitrogens with zero attached hydrogens (tertiary/aromatic N) is 1. The van der Waals surface area contributed by atoms with Crippen molar-refractivity contribution in [2.45, 2.75) is 6.42 Å². The van der Waals surface area contributed by atoms with Gasteiger partial charge in [0.2, 0.25) is 5.91 Å². The van der Waals surface area contributed by atoms with E-state index in [2.05, 4.69) is 11.2 Å². The molecule has 0 aliphatic carbocycles. The highest BCUT2D eigenvalue weighted by molar-refractivity contribution is 7.99. The van der Waals surface area contributed by atoms with E-state index in [0.29, 0.717) is 13.1 Å². The summed E-state index contributed by atoms with van der Waals surface area (Å²) in [6.45, 7) is 2.61. The maximum atomic E-state index is 11.6. The quantitative estimate of drug-likeness (QED) is 0.535. The number of amides is 1. The summed E-state index contributed by atoms with van der Waals surface area (Å²) in [5.41, 5.74) is 0. The van der Waals surface area contributed by atoms with Gasteiger partial charge in [0.25, 0.3) is 0 Å². The zero-order chi connectivity index (χ0) is 10.2. The average molecular weight is 212 g/mol. The van der Waals surface area contributed by atoms with E-state index in [1.54, 1.807) is 0 Å². The van der Waals surface area contributed by atoms with Gasteiger partial charge >= 0.3 is 0 Å². The summed E-state index contributed by atoms with van der Waals surface area (Å²) in [6, 6.07) is 0. The SMILES string of the molecule is C#CCNCC(=O)N1CCCSCC1. The molecule has 0 aromatic carbocycles. The van der Waals surface area contributed by atoms with Crippen LogP contribution in [0.25, 0.3) is 0 Å². The number of hydrogen-bond acceptors (Lipinski definition) is 3. The van der Waals surface area contributed by atoms with E-state index in [1.807, 2.05) is 16.7 Å². The lowest BCUT2D eigenvalue weighted by molar-refractivity contribution is -0.129. The smallest absolute Gasteiger partial charge is 0.236 e. The minimum absolute atomic E-state index is 0.169. The Morgan fingerprint density at radius 3 is 3.14 bits per heavy atom. The van der Waals surface area contributed by atoms with Crippen molar-refractivity contribution < 1.29 is 4.79 Å². The first kappa shape index (κ1) is 11.4. The van der Waals surface area contributed by atoms with Crippen LogP contribution in [0.2, 0.25) is 0 Å². The van der Waals surface area contributed by atoms with Gasteiger partial charge in [-0.2, -0.15) is 11.8 Å². The molecule has 3 nitrogen and oxygen atoms in total. The number of terminal acetylenes is 1. The Bertz CT molecular complexity index is 217. The zero-order valence-corrected chi connectivity index (χ0v) is 9.11. The summed E-state index contributed by atoms with van der Waals surface area (Å²) < 4.78 is 0. The second-order valence-electron chi connectivity index (χ2n) is 3.15. The topological polar surface area (TPSA) is 32.3 Å². The molecule has 1 fully saturated rings. The molecule has 14 heavy (non-hydrogen) atoms. The van der Waals surface area contributed by atoms with Gasteiger partial charge in [-0.3, -0.25) is 10.1 Å². The lowest BCUT2D eigenvalue weighted by atomic mass is 10.4. The van der Waals surface area contributed by atoms with Gasteiger partial charge in [-0.1, -0.05) is 5.92 Å². The van der Waals surface area contributed by atoms with E-state index in [1.165, 1.54) is 5.75 Å². The third-order valence-corrected chi connectivity index (χ3v) is 3.13. The van der Waals surface area contributed by atoms with Crippen LogP contribution in [0, 0.1) is 12.3 Å². The molecule has 0 unspecified atom stereocenters. The number of carbonyl (C=O) groups is 1. The van der Waals surface area contributed by atoms with Crippen molar-refractivity contribution in [3.63, 3.8) is 0 Å². The lowest BCUT2D eigenvalue weighted by Crippen LogP contribution is -2.39. The Hall–Kier alpha value is -0.660. The van der Waals surface area contributed by atoms with E-state index < -0.39 is 0 Å². The summed E-state index contributed by atoms with van der Waals surface area (Å²) in [5, 5.41) is 2.92. The molecule has 0 bridgehead atoms. The van der Waals surface area contributed by atoms with Crippen LogP contribution in [0.4, 0.5) is 0 Å². The molecule has 1 aliphatic heterocycles. The maximum Gasteiger partial charge on any atom is 0.236 e. The molecule has 0 aromatic heterocycles. The maximum absolute atomic E-state index is 11.6. The van der Waals surface area contributed by atoms with Gasteiger partial charge in [-0.25, -0.2) is 0 Å². The van der Waals surface area contributed by atoms with Crippen LogP contribution >= 0.6 is 11.8 Å². The molecule has 0 radical (unpaired) electrons. The van der Waals surface area contributed by atoms with Crippen LogP contribution in [-0.2, 0) is 4.79 Å². The standard InChI is InChI=1S/C10H16N2OS/c1-2-4-11-9-10(13)12-5-3-7-14-8-6-12/h1,11H,3-9H2. The Balaban J connectivity index is 2.24. The van der Waals surface area contributed by atoms with E-state index >= 15 is 0 Å². The van der Waals surface area contributed by atoms with Crippen molar-refractivity contribution in [3.8, 4) is 12.3 Å². The summed E-state index contributed by atoms with van der Waals surface area (Å²) in [6.07, 6.45) is 6.18. The fraction of sp³-hybridized carbons (Fsp3) is 0.700. The first-order valence-corrected chi connectivity index (χ1v) is 6.00. The van der Waals surface area contributed by atoms with Gasteiger partial charge < -0.3 is 4.90 Å². The molecule has 1 N–H and O–H groups in total. The van der Waals surface area contributed by atoms with Crippen LogP contribution in [0.1, 0.15) is 6.42 Å². The predicted octanol–water partition coefficient (Wildman–Crippen LogP) is 0.175. The fourth-order valence-electron chi connectivity index (χ4n) is 1.35. The van der Waals surface area contributed by atoms with Gasteiger partial charge in [-0.05, 0) is 12.2 Å². The van der Waals surface area contributed by atoms with Crippen molar-refractivity contribution in [3.05, 3.63) is 0 Å². The largest absolute Gasteiger partial charge is 0.341 e. The summed E-state index contributed by atoms with van der Waals surface area (Å²) in [5.74, 6) is 4.85. The fourth-order valence-corrected chi connectivity index (χ4v) is 2.24. The number of hydrogen-bond donors (Lipinski definition) is 1. The molecule has 1 saturated heterocycles. The molecule has 1 heterocycles. The lowest BCUT2D eigenvalue weighted by Gasteiger charge is -2.19. The highest BCUT2D eigenvalue weighted by atomic mass is 32.2. The minimum atomic E-state index is 0.169. The summed E-state index contributed by atoms with van der Waals surface area (Å²) in [4.78, 5) is 13.5. The Morgan fingerprint density at radius 1 is 1.50 bits per heavy atom. The van der Waals surface area contributed by atoms with Crippen LogP contribution in [0.5, 0.6) is 0 Å². The molecule has 0 atom stereocenters. The van der Waals surface area contributed by atoms with Crippen LogP contribution in [0.3, 0.4) is 0 Å². The third-order valence-electron chi connectivity index (χ3n) is 2.08.